The molecule has 0 unspecified atom stereocenters. The Bertz CT molecular complexity index is 1370. The summed E-state index contributed by atoms with van der Waals surface area (Å²) in [7, 11) is 1.98. The molecule has 0 atom stereocenters. The van der Waals surface area contributed by atoms with Crippen molar-refractivity contribution in [3.05, 3.63) is 96.6 Å². The van der Waals surface area contributed by atoms with E-state index in [1.54, 1.807) is 12.1 Å². The van der Waals surface area contributed by atoms with Crippen LogP contribution >= 0.6 is 0 Å². The summed E-state index contributed by atoms with van der Waals surface area (Å²) in [5.74, 6) is 0.544. The first-order valence-corrected chi connectivity index (χ1v) is 10.1. The molecule has 0 bridgehead atoms. The molecule has 0 aliphatic rings. The maximum atomic E-state index is 13.3. The Hall–Kier alpha value is -3.99. The molecule has 0 saturated heterocycles. The predicted molar refractivity (Wildman–Crippen MR) is 124 cm³/mol. The summed E-state index contributed by atoms with van der Waals surface area (Å²) in [4.78, 5) is 9.12. The summed E-state index contributed by atoms with van der Waals surface area (Å²) < 4.78 is 15.4. The molecule has 152 valence electrons. The molecule has 0 aliphatic heterocycles. The van der Waals surface area contributed by atoms with E-state index in [4.69, 9.17) is 4.98 Å². The van der Waals surface area contributed by atoms with Gasteiger partial charge in [-0.15, -0.1) is 0 Å². The summed E-state index contributed by atoms with van der Waals surface area (Å²) in [5, 5.41) is 3.49. The number of imidazole rings is 1. The Morgan fingerprint density at radius 2 is 1.58 bits per heavy atom. The molecule has 2 aromatic heterocycles. The number of hydrogen-bond donors (Lipinski definition) is 1. The van der Waals surface area contributed by atoms with E-state index in [-0.39, 0.29) is 5.82 Å². The van der Waals surface area contributed by atoms with Crippen LogP contribution in [0.1, 0.15) is 5.69 Å². The Labute approximate surface area is 180 Å². The number of halogens is 1. The fourth-order valence-electron chi connectivity index (χ4n) is 3.80. The highest BCUT2D eigenvalue weighted by Crippen LogP contribution is 2.31. The van der Waals surface area contributed by atoms with Gasteiger partial charge >= 0.3 is 0 Å². The number of anilines is 2. The van der Waals surface area contributed by atoms with Crippen LogP contribution in [0.15, 0.2) is 85.1 Å². The second kappa shape index (κ2) is 7.69. The number of para-hydroxylation sites is 1. The summed E-state index contributed by atoms with van der Waals surface area (Å²) in [5.41, 5.74) is 7.96. The van der Waals surface area contributed by atoms with E-state index in [9.17, 15) is 4.39 Å². The van der Waals surface area contributed by atoms with Crippen LogP contribution in [0.3, 0.4) is 0 Å². The van der Waals surface area contributed by atoms with E-state index in [1.807, 2.05) is 49.0 Å². The van der Waals surface area contributed by atoms with Gasteiger partial charge in [-0.05, 0) is 78.7 Å². The van der Waals surface area contributed by atoms with Crippen molar-refractivity contribution in [3.63, 3.8) is 0 Å². The van der Waals surface area contributed by atoms with Crippen molar-refractivity contribution in [2.45, 2.75) is 6.92 Å². The number of fused-ring (bicyclic) bond motifs is 1. The maximum absolute atomic E-state index is 13.3. The van der Waals surface area contributed by atoms with E-state index >= 15 is 0 Å². The van der Waals surface area contributed by atoms with Crippen LogP contribution in [-0.2, 0) is 7.05 Å². The number of aryl methyl sites for hydroxylation is 2. The molecule has 0 saturated carbocycles. The fraction of sp³-hybridized carbons (Fsp3) is 0.0769. The quantitative estimate of drug-likeness (QED) is 0.369. The minimum atomic E-state index is -0.254. The van der Waals surface area contributed by atoms with Crippen molar-refractivity contribution < 1.29 is 4.39 Å². The standard InChI is InChI=1S/C26H21FN4/c1-17-16-20(14-15-28-17)18-8-12-22(13-9-18)29-23-4-3-5-24-25(23)30-26(31(24)2)19-6-10-21(27)11-7-19/h3-16,29H,1-2H3. The number of benzene rings is 3. The Morgan fingerprint density at radius 1 is 0.839 bits per heavy atom. The van der Waals surface area contributed by atoms with Gasteiger partial charge in [-0.1, -0.05) is 18.2 Å². The normalized spacial score (nSPS) is 11.1. The zero-order chi connectivity index (χ0) is 21.4. The van der Waals surface area contributed by atoms with E-state index in [0.29, 0.717) is 0 Å². The molecular weight excluding hydrogens is 387 g/mol. The third-order valence-corrected chi connectivity index (χ3v) is 5.41. The lowest BCUT2D eigenvalue weighted by atomic mass is 10.1. The topological polar surface area (TPSA) is 42.7 Å². The molecule has 5 heteroatoms. The van der Waals surface area contributed by atoms with Crippen LogP contribution in [-0.4, -0.2) is 14.5 Å². The smallest absolute Gasteiger partial charge is 0.140 e. The third-order valence-electron chi connectivity index (χ3n) is 5.41. The predicted octanol–water partition coefficient (Wildman–Crippen LogP) is 6.49. The van der Waals surface area contributed by atoms with Gasteiger partial charge in [-0.2, -0.15) is 0 Å². The number of hydrogen-bond acceptors (Lipinski definition) is 3. The van der Waals surface area contributed by atoms with Crippen LogP contribution in [0.2, 0.25) is 0 Å². The number of rotatable bonds is 4. The molecule has 0 radical (unpaired) electrons. The summed E-state index contributed by atoms with van der Waals surface area (Å²) in [6.07, 6.45) is 1.83. The molecule has 31 heavy (non-hydrogen) atoms. The van der Waals surface area contributed by atoms with Gasteiger partial charge in [0.1, 0.15) is 17.2 Å². The Morgan fingerprint density at radius 3 is 2.32 bits per heavy atom. The first-order chi connectivity index (χ1) is 15.1. The lowest BCUT2D eigenvalue weighted by molar-refractivity contribution is 0.628. The number of nitrogens with one attached hydrogen (secondary N) is 1. The van der Waals surface area contributed by atoms with Gasteiger partial charge in [0.05, 0.1) is 11.2 Å². The molecule has 0 aliphatic carbocycles. The van der Waals surface area contributed by atoms with Gasteiger partial charge in [0.2, 0.25) is 0 Å². The van der Waals surface area contributed by atoms with Crippen LogP contribution < -0.4 is 5.32 Å². The first kappa shape index (κ1) is 19.0. The molecule has 1 N–H and O–H groups in total. The van der Waals surface area contributed by atoms with E-state index < -0.39 is 0 Å². The third kappa shape index (κ3) is 3.66. The second-order valence-electron chi connectivity index (χ2n) is 7.56. The largest absolute Gasteiger partial charge is 0.354 e. The summed E-state index contributed by atoms with van der Waals surface area (Å²) in [6, 6.07) is 24.9. The van der Waals surface area contributed by atoms with Gasteiger partial charge in [0.25, 0.3) is 0 Å². The highest BCUT2D eigenvalue weighted by Gasteiger charge is 2.13. The monoisotopic (exact) mass is 408 g/mol. The van der Waals surface area contributed by atoms with Gasteiger partial charge < -0.3 is 9.88 Å². The average Bonchev–Trinajstić information content (AvgIpc) is 3.12. The second-order valence-corrected chi connectivity index (χ2v) is 7.56. The molecule has 3 aromatic carbocycles. The Kier molecular flexibility index (Phi) is 4.71. The summed E-state index contributed by atoms with van der Waals surface area (Å²) in [6.45, 7) is 1.99. The highest BCUT2D eigenvalue weighted by molar-refractivity contribution is 5.93. The number of nitrogens with zero attached hydrogens (tertiary/aromatic N) is 3. The molecular formula is C26H21FN4. The molecule has 2 heterocycles. The van der Waals surface area contributed by atoms with Crippen molar-refractivity contribution in [3.8, 4) is 22.5 Å². The Balaban J connectivity index is 1.48. The van der Waals surface area contributed by atoms with Crippen molar-refractivity contribution in [2.24, 2.45) is 7.05 Å². The van der Waals surface area contributed by atoms with Crippen LogP contribution in [0, 0.1) is 12.7 Å². The fourth-order valence-corrected chi connectivity index (χ4v) is 3.80. The zero-order valence-electron chi connectivity index (χ0n) is 17.3. The molecule has 4 nitrogen and oxygen atoms in total. The molecule has 0 spiro atoms. The minimum absolute atomic E-state index is 0.254. The van der Waals surface area contributed by atoms with Crippen molar-refractivity contribution in [1.29, 1.82) is 0 Å². The van der Waals surface area contributed by atoms with E-state index in [2.05, 4.69) is 40.6 Å². The van der Waals surface area contributed by atoms with Crippen LogP contribution in [0.25, 0.3) is 33.5 Å². The zero-order valence-corrected chi connectivity index (χ0v) is 17.3. The van der Waals surface area contributed by atoms with E-state index in [1.165, 1.54) is 12.1 Å². The molecule has 5 rings (SSSR count). The highest BCUT2D eigenvalue weighted by atomic mass is 19.1. The van der Waals surface area contributed by atoms with Crippen molar-refractivity contribution in [1.82, 2.24) is 14.5 Å². The summed E-state index contributed by atoms with van der Waals surface area (Å²) >= 11 is 0. The SMILES string of the molecule is Cc1cc(-c2ccc(Nc3cccc4c3nc(-c3ccc(F)cc3)n4C)cc2)ccn1. The molecule has 0 amide bonds. The minimum Gasteiger partial charge on any atom is -0.354 e. The van der Waals surface area contributed by atoms with Gasteiger partial charge in [-0.25, -0.2) is 9.37 Å². The number of pyridine rings is 1. The lowest BCUT2D eigenvalue weighted by Gasteiger charge is -2.09. The van der Waals surface area contributed by atoms with Crippen molar-refractivity contribution >= 4 is 22.4 Å². The van der Waals surface area contributed by atoms with Crippen molar-refractivity contribution in [2.75, 3.05) is 5.32 Å². The van der Waals surface area contributed by atoms with E-state index in [0.717, 1.165) is 50.6 Å². The number of aromatic nitrogens is 3. The average molecular weight is 408 g/mol. The van der Waals surface area contributed by atoms with Gasteiger partial charge in [0.15, 0.2) is 0 Å². The maximum Gasteiger partial charge on any atom is 0.140 e. The van der Waals surface area contributed by atoms with Gasteiger partial charge in [-0.3, -0.25) is 4.98 Å². The molecule has 5 aromatic rings. The first-order valence-electron chi connectivity index (χ1n) is 10.1. The van der Waals surface area contributed by atoms with Gasteiger partial charge in [0, 0.05) is 30.2 Å². The van der Waals surface area contributed by atoms with Crippen LogP contribution in [0.4, 0.5) is 15.8 Å². The molecule has 0 fully saturated rings. The van der Waals surface area contributed by atoms with Crippen LogP contribution in [0.5, 0.6) is 0 Å². The lowest BCUT2D eigenvalue weighted by Crippen LogP contribution is -1.93.